The van der Waals surface area contributed by atoms with Gasteiger partial charge < -0.3 is 4.48 Å². The fourth-order valence-corrected chi connectivity index (χ4v) is 0.887. The normalized spacial score (nSPS) is 14.7. The summed E-state index contributed by atoms with van der Waals surface area (Å²) < 4.78 is 19.1. The van der Waals surface area contributed by atoms with Crippen molar-refractivity contribution in [2.75, 3.05) is 34.3 Å². The van der Waals surface area contributed by atoms with Crippen molar-refractivity contribution >= 4 is 11.3 Å². The van der Waals surface area contributed by atoms with E-state index in [1.54, 1.807) is 0 Å². The maximum Gasteiger partial charge on any atom is 0.256 e. The van der Waals surface area contributed by atoms with Crippen LogP contribution in [0.2, 0.25) is 0 Å². The van der Waals surface area contributed by atoms with E-state index in [1.165, 1.54) is 0 Å². The third kappa shape index (κ3) is 9.99. The van der Waals surface area contributed by atoms with Gasteiger partial charge >= 0.3 is 0 Å². The highest BCUT2D eigenvalue weighted by Gasteiger charge is 2.05. The number of nitrogens with one attached hydrogen (secondary N) is 1. The summed E-state index contributed by atoms with van der Waals surface area (Å²) in [7, 11) is 6.24. The van der Waals surface area contributed by atoms with Crippen LogP contribution in [-0.4, -0.2) is 47.5 Å². The summed E-state index contributed by atoms with van der Waals surface area (Å²) in [5, 5.41) is 0. The summed E-state index contributed by atoms with van der Waals surface area (Å²) in [6.45, 7) is 1.42. The van der Waals surface area contributed by atoms with Gasteiger partial charge in [-0.3, -0.25) is 9.39 Å². The van der Waals surface area contributed by atoms with Gasteiger partial charge in [-0.1, -0.05) is 4.89 Å². The molecule has 1 unspecified atom stereocenters. The zero-order valence-corrected chi connectivity index (χ0v) is 8.56. The summed E-state index contributed by atoms with van der Waals surface area (Å²) >= 11 is -2.07. The predicted molar refractivity (Wildman–Crippen MR) is 47.4 cm³/mol. The highest BCUT2D eigenvalue weighted by molar-refractivity contribution is 7.76. The van der Waals surface area contributed by atoms with E-state index < -0.39 is 11.3 Å². The predicted octanol–water partition coefficient (Wildman–Crippen LogP) is -0.259. The number of rotatable bonds is 6. The molecular weight excluding hydrogens is 180 g/mol. The number of hydrogen-bond donors (Lipinski definition) is 2. The average molecular weight is 197 g/mol. The maximum absolute atomic E-state index is 10.0. The van der Waals surface area contributed by atoms with Gasteiger partial charge in [0.15, 0.2) is 0 Å². The molecule has 0 aliphatic rings. The lowest BCUT2D eigenvalue weighted by Gasteiger charge is -2.23. The molecule has 0 spiro atoms. The van der Waals surface area contributed by atoms with Crippen LogP contribution < -0.4 is 4.89 Å². The molecule has 0 radical (unpaired) electrons. The molecule has 6 heteroatoms. The second kappa shape index (κ2) is 5.60. The Balaban J connectivity index is 3.17. The number of hydrogen-bond acceptors (Lipinski definition) is 2. The fraction of sp³-hybridized carbons (Fsp3) is 1.00. The van der Waals surface area contributed by atoms with E-state index in [0.717, 1.165) is 17.4 Å². The van der Waals surface area contributed by atoms with Gasteiger partial charge in [0.2, 0.25) is 0 Å². The van der Waals surface area contributed by atoms with Crippen molar-refractivity contribution in [2.45, 2.75) is 6.42 Å². The monoisotopic (exact) mass is 197 g/mol. The summed E-state index contributed by atoms with van der Waals surface area (Å²) in [5.41, 5.74) is 0. The second-order valence-corrected chi connectivity index (χ2v) is 4.21. The Kier molecular flexibility index (Phi) is 5.60. The van der Waals surface area contributed by atoms with Gasteiger partial charge in [-0.25, -0.2) is 4.21 Å². The Morgan fingerprint density at radius 3 is 2.50 bits per heavy atom. The molecule has 0 aliphatic carbocycles. The first-order chi connectivity index (χ1) is 5.42. The SMILES string of the molecule is C[N+](C)(C)CCCONS(=O)O. The smallest absolute Gasteiger partial charge is 0.256 e. The molecule has 0 saturated heterocycles. The quantitative estimate of drug-likeness (QED) is 0.267. The number of nitrogens with zero attached hydrogens (tertiary/aromatic N) is 1. The van der Waals surface area contributed by atoms with Crippen LogP contribution in [0.5, 0.6) is 0 Å². The van der Waals surface area contributed by atoms with Gasteiger partial charge in [-0.2, -0.15) is 0 Å². The van der Waals surface area contributed by atoms with Gasteiger partial charge in [-0.15, -0.1) is 0 Å². The zero-order chi connectivity index (χ0) is 9.61. The molecule has 74 valence electrons. The van der Waals surface area contributed by atoms with Gasteiger partial charge in [0.05, 0.1) is 34.3 Å². The molecule has 0 fully saturated rings. The molecule has 5 nitrogen and oxygen atoms in total. The highest BCUT2D eigenvalue weighted by Crippen LogP contribution is 1.92. The van der Waals surface area contributed by atoms with E-state index in [4.69, 9.17) is 4.55 Å². The van der Waals surface area contributed by atoms with E-state index in [0.29, 0.717) is 6.61 Å². The topological polar surface area (TPSA) is 58.6 Å². The minimum Gasteiger partial charge on any atom is -0.331 e. The lowest BCUT2D eigenvalue weighted by Crippen LogP contribution is -2.36. The molecule has 0 amide bonds. The fourth-order valence-electron chi connectivity index (χ4n) is 0.703. The van der Waals surface area contributed by atoms with Crippen molar-refractivity contribution in [3.63, 3.8) is 0 Å². The van der Waals surface area contributed by atoms with E-state index >= 15 is 0 Å². The third-order valence-electron chi connectivity index (χ3n) is 1.21. The first-order valence-corrected chi connectivity index (χ1v) is 4.81. The zero-order valence-electron chi connectivity index (χ0n) is 7.74. The molecule has 0 heterocycles. The van der Waals surface area contributed by atoms with Crippen LogP contribution in [0.3, 0.4) is 0 Å². The van der Waals surface area contributed by atoms with Crippen molar-refractivity contribution in [1.82, 2.24) is 4.89 Å². The second-order valence-electron chi connectivity index (χ2n) is 3.55. The average Bonchev–Trinajstić information content (AvgIpc) is 1.83. The largest absolute Gasteiger partial charge is 0.331 e. The Morgan fingerprint density at radius 2 is 2.08 bits per heavy atom. The summed E-state index contributed by atoms with van der Waals surface area (Å²) in [6.07, 6.45) is 0.855. The molecular formula is C6H17N2O3S+. The maximum atomic E-state index is 10.0. The van der Waals surface area contributed by atoms with Crippen molar-refractivity contribution in [3.8, 4) is 0 Å². The molecule has 2 N–H and O–H groups in total. The first kappa shape index (κ1) is 12.0. The standard InChI is InChI=1S/C6H16N2O3S/c1-8(2,3)5-4-6-11-7-12(9)10/h7H,4-6H2,1-3H3/p+1. The van der Waals surface area contributed by atoms with Crippen molar-refractivity contribution < 1.29 is 18.1 Å². The lowest BCUT2D eigenvalue weighted by atomic mass is 10.4. The van der Waals surface area contributed by atoms with Crippen LogP contribution in [0.4, 0.5) is 0 Å². The van der Waals surface area contributed by atoms with Crippen molar-refractivity contribution in [2.24, 2.45) is 0 Å². The van der Waals surface area contributed by atoms with Crippen LogP contribution >= 0.6 is 0 Å². The minimum absolute atomic E-state index is 0.446. The molecule has 0 bridgehead atoms. The Labute approximate surface area is 75.7 Å². The summed E-state index contributed by atoms with van der Waals surface area (Å²) in [4.78, 5) is 6.63. The summed E-state index contributed by atoms with van der Waals surface area (Å²) in [6, 6.07) is 0. The van der Waals surface area contributed by atoms with E-state index in [9.17, 15) is 4.21 Å². The Morgan fingerprint density at radius 1 is 1.50 bits per heavy atom. The summed E-state index contributed by atoms with van der Waals surface area (Å²) in [5.74, 6) is 0. The molecule has 0 aliphatic heterocycles. The van der Waals surface area contributed by atoms with Crippen LogP contribution in [0.15, 0.2) is 0 Å². The molecule has 0 rings (SSSR count). The van der Waals surface area contributed by atoms with Crippen LogP contribution in [0.25, 0.3) is 0 Å². The third-order valence-corrected chi connectivity index (χ3v) is 1.47. The first-order valence-electron chi connectivity index (χ1n) is 3.70. The Hall–Kier alpha value is -0.0100. The molecule has 0 aromatic carbocycles. The van der Waals surface area contributed by atoms with E-state index in [2.05, 4.69) is 26.0 Å². The van der Waals surface area contributed by atoms with Crippen molar-refractivity contribution in [3.05, 3.63) is 0 Å². The van der Waals surface area contributed by atoms with Crippen LogP contribution in [0.1, 0.15) is 6.42 Å². The highest BCUT2D eigenvalue weighted by atomic mass is 32.2. The van der Waals surface area contributed by atoms with Gasteiger partial charge in [0, 0.05) is 6.42 Å². The number of quaternary nitrogens is 1. The molecule has 0 aromatic rings. The Bertz CT molecular complexity index is 146. The molecule has 0 aromatic heterocycles. The van der Waals surface area contributed by atoms with Gasteiger partial charge in [0.1, 0.15) is 0 Å². The van der Waals surface area contributed by atoms with E-state index in [1.807, 2.05) is 4.89 Å². The minimum atomic E-state index is -2.07. The molecule has 0 saturated carbocycles. The lowest BCUT2D eigenvalue weighted by molar-refractivity contribution is -0.870. The van der Waals surface area contributed by atoms with E-state index in [-0.39, 0.29) is 0 Å². The molecule has 12 heavy (non-hydrogen) atoms. The van der Waals surface area contributed by atoms with Crippen LogP contribution in [-0.2, 0) is 16.1 Å². The van der Waals surface area contributed by atoms with Gasteiger partial charge in [0.25, 0.3) is 11.3 Å². The van der Waals surface area contributed by atoms with Crippen LogP contribution in [0, 0.1) is 0 Å². The van der Waals surface area contributed by atoms with Gasteiger partial charge in [-0.05, 0) is 0 Å². The van der Waals surface area contributed by atoms with Crippen molar-refractivity contribution in [1.29, 1.82) is 0 Å². The molecule has 1 atom stereocenters.